The Balaban J connectivity index is 1.43. The highest BCUT2D eigenvalue weighted by Gasteiger charge is 2.71. The fraction of sp³-hybridized carbons (Fsp3) is 0.892. The van der Waals surface area contributed by atoms with Crippen molar-refractivity contribution < 1.29 is 14.7 Å². The topological polar surface area (TPSA) is 90.5 Å². The summed E-state index contributed by atoms with van der Waals surface area (Å²) in [6.07, 6.45) is 11.5. The van der Waals surface area contributed by atoms with Gasteiger partial charge in [0.05, 0.1) is 24.6 Å². The average molecular weight is 598 g/mol. The van der Waals surface area contributed by atoms with Gasteiger partial charge in [-0.15, -0.1) is 0 Å². The Bertz CT molecular complexity index is 1100. The van der Waals surface area contributed by atoms with Crippen molar-refractivity contribution >= 4 is 11.8 Å². The van der Waals surface area contributed by atoms with Crippen LogP contribution in [0.3, 0.4) is 0 Å². The predicted molar refractivity (Wildman–Crippen MR) is 174 cm³/mol. The van der Waals surface area contributed by atoms with Gasteiger partial charge in [0, 0.05) is 5.54 Å². The molecule has 0 aromatic heterocycles. The highest BCUT2D eigenvalue weighted by atomic mass is 16.3. The molecule has 0 spiro atoms. The first kappa shape index (κ1) is 33.0. The predicted octanol–water partition coefficient (Wildman–Crippen LogP) is 6.24. The zero-order valence-electron chi connectivity index (χ0n) is 28.7. The molecule has 5 fully saturated rings. The van der Waals surface area contributed by atoms with E-state index in [9.17, 15) is 14.7 Å². The molecule has 1 heterocycles. The molecule has 2 amide bonds. The van der Waals surface area contributed by atoms with Gasteiger partial charge in [0.2, 0.25) is 11.8 Å². The molecule has 4 aliphatic carbocycles. The summed E-state index contributed by atoms with van der Waals surface area (Å²) in [5, 5.41) is 19.6. The molecule has 0 aromatic carbocycles. The first-order valence-corrected chi connectivity index (χ1v) is 17.7. The third kappa shape index (κ3) is 5.04. The second kappa shape index (κ2) is 11.4. The lowest BCUT2D eigenvalue weighted by atomic mass is 9.33. The summed E-state index contributed by atoms with van der Waals surface area (Å²) >= 11 is 0. The third-order valence-corrected chi connectivity index (χ3v) is 14.9. The summed E-state index contributed by atoms with van der Waals surface area (Å²) in [7, 11) is 0. The number of fused-ring (bicyclic) bond motifs is 7. The lowest BCUT2D eigenvalue weighted by Crippen LogP contribution is -2.67. The quantitative estimate of drug-likeness (QED) is 0.262. The van der Waals surface area contributed by atoms with Gasteiger partial charge < -0.3 is 21.1 Å². The molecule has 4 saturated carbocycles. The Morgan fingerprint density at radius 2 is 1.65 bits per heavy atom. The van der Waals surface area contributed by atoms with Crippen molar-refractivity contribution in [3.8, 4) is 0 Å². The number of aliphatic hydroxyl groups excluding tert-OH is 1. The first-order valence-electron chi connectivity index (χ1n) is 17.7. The summed E-state index contributed by atoms with van der Waals surface area (Å²) in [6, 6.07) is -0.298. The molecular formula is C37H63N3O3. The van der Waals surface area contributed by atoms with Crippen molar-refractivity contribution in [2.75, 3.05) is 19.7 Å². The zero-order chi connectivity index (χ0) is 31.6. The average Bonchev–Trinajstić information content (AvgIpc) is 3.29. The van der Waals surface area contributed by atoms with Crippen LogP contribution in [0, 0.1) is 57.2 Å². The molecule has 43 heavy (non-hydrogen) atoms. The van der Waals surface area contributed by atoms with Crippen LogP contribution >= 0.6 is 0 Å². The second-order valence-corrected chi connectivity index (χ2v) is 17.4. The Labute approximate surface area is 262 Å². The summed E-state index contributed by atoms with van der Waals surface area (Å²) in [6.45, 7) is 24.4. The minimum absolute atomic E-state index is 0.0282. The second-order valence-electron chi connectivity index (χ2n) is 17.4. The van der Waals surface area contributed by atoms with Gasteiger partial charge in [0.25, 0.3) is 0 Å². The number of nitrogens with one attached hydrogen (secondary N) is 3. The number of carbonyl (C=O) groups excluding carboxylic acids is 2. The number of carbonyl (C=O) groups is 2. The van der Waals surface area contributed by atoms with Crippen LogP contribution in [0.4, 0.5) is 0 Å². The van der Waals surface area contributed by atoms with Crippen LogP contribution in [0.2, 0.25) is 0 Å². The lowest BCUT2D eigenvalue weighted by Gasteiger charge is -2.71. The molecular weight excluding hydrogens is 534 g/mol. The van der Waals surface area contributed by atoms with E-state index < -0.39 is 5.41 Å². The highest BCUT2D eigenvalue weighted by molar-refractivity contribution is 5.88. The SMILES string of the molecule is C=C(C)[C@@H]1CC[C@]2(C(=O)NCC(=O)N[C@@H](CO)C(C)C)CC[C@]3(C)[C@H](CC[C@@H]4[C@@]5(C)CCCNC(C)(C)[C@@H]5CC[C@]43C)[C@@H]12. The molecule has 4 N–H and O–H groups in total. The van der Waals surface area contributed by atoms with E-state index in [-0.39, 0.29) is 59.2 Å². The molecule has 5 rings (SSSR count). The van der Waals surface area contributed by atoms with E-state index in [0.717, 1.165) is 32.2 Å². The van der Waals surface area contributed by atoms with E-state index in [2.05, 4.69) is 64.1 Å². The number of hydrogen-bond donors (Lipinski definition) is 4. The Morgan fingerprint density at radius 3 is 2.30 bits per heavy atom. The van der Waals surface area contributed by atoms with Crippen LogP contribution in [0.1, 0.15) is 120 Å². The van der Waals surface area contributed by atoms with Gasteiger partial charge in [-0.3, -0.25) is 9.59 Å². The molecule has 244 valence electrons. The van der Waals surface area contributed by atoms with E-state index >= 15 is 0 Å². The van der Waals surface area contributed by atoms with Crippen molar-refractivity contribution in [3.63, 3.8) is 0 Å². The smallest absolute Gasteiger partial charge is 0.239 e. The first-order chi connectivity index (χ1) is 20.1. The molecule has 0 unspecified atom stereocenters. The zero-order valence-corrected chi connectivity index (χ0v) is 28.7. The van der Waals surface area contributed by atoms with Crippen LogP contribution in [-0.2, 0) is 9.59 Å². The fourth-order valence-electron chi connectivity index (χ4n) is 12.5. The van der Waals surface area contributed by atoms with Crippen LogP contribution in [0.15, 0.2) is 12.2 Å². The van der Waals surface area contributed by atoms with E-state index in [4.69, 9.17) is 0 Å². The molecule has 0 aromatic rings. The van der Waals surface area contributed by atoms with Gasteiger partial charge in [-0.25, -0.2) is 0 Å². The molecule has 1 aliphatic heterocycles. The molecule has 0 bridgehead atoms. The van der Waals surface area contributed by atoms with Gasteiger partial charge in [0.15, 0.2) is 0 Å². The number of rotatable bonds is 7. The largest absolute Gasteiger partial charge is 0.394 e. The maximum atomic E-state index is 14.3. The van der Waals surface area contributed by atoms with Crippen molar-refractivity contribution in [2.45, 2.75) is 131 Å². The number of amides is 2. The van der Waals surface area contributed by atoms with Crippen molar-refractivity contribution in [2.24, 2.45) is 57.2 Å². The van der Waals surface area contributed by atoms with E-state index in [1.165, 1.54) is 44.1 Å². The fourth-order valence-corrected chi connectivity index (χ4v) is 12.5. The molecule has 6 nitrogen and oxygen atoms in total. The Morgan fingerprint density at radius 1 is 0.930 bits per heavy atom. The van der Waals surface area contributed by atoms with Gasteiger partial charge in [0.1, 0.15) is 0 Å². The van der Waals surface area contributed by atoms with Crippen molar-refractivity contribution in [1.29, 1.82) is 0 Å². The molecule has 10 atom stereocenters. The maximum absolute atomic E-state index is 14.3. The standard InChI is InChI=1S/C37H63N3O3/c1-23(2)25-13-17-37(32(43)38-21-30(42)40-27(22-41)24(3)4)19-18-35(8)26(31(25)37)11-12-29-34(7)15-10-20-39-33(5,6)28(34)14-16-36(29,35)9/h24-29,31,39,41H,1,10-22H2,2-9H3,(H,38,43)(H,40,42)/t25-,26+,27-,28-,29+,31+,34-,35+,36+,37-/m0/s1. The normalized spacial score (nSPS) is 44.2. The monoisotopic (exact) mass is 597 g/mol. The van der Waals surface area contributed by atoms with Gasteiger partial charge >= 0.3 is 0 Å². The third-order valence-electron chi connectivity index (χ3n) is 14.9. The Hall–Kier alpha value is -1.40. The van der Waals surface area contributed by atoms with Gasteiger partial charge in [-0.05, 0) is 143 Å². The van der Waals surface area contributed by atoms with Crippen LogP contribution < -0.4 is 16.0 Å². The lowest BCUT2D eigenvalue weighted by molar-refractivity contribution is -0.223. The molecule has 5 aliphatic rings. The number of aliphatic hydroxyl groups is 1. The minimum atomic E-state index is -0.430. The molecule has 0 radical (unpaired) electrons. The number of allylic oxidation sites excluding steroid dienone is 1. The summed E-state index contributed by atoms with van der Waals surface area (Å²) in [5.41, 5.74) is 1.73. The van der Waals surface area contributed by atoms with Crippen molar-refractivity contribution in [1.82, 2.24) is 16.0 Å². The Kier molecular flexibility index (Phi) is 8.77. The highest BCUT2D eigenvalue weighted by Crippen LogP contribution is 2.76. The van der Waals surface area contributed by atoms with Crippen molar-refractivity contribution in [3.05, 3.63) is 12.2 Å². The molecule has 6 heteroatoms. The molecule has 1 saturated heterocycles. The summed E-state index contributed by atoms with van der Waals surface area (Å²) in [4.78, 5) is 27.1. The summed E-state index contributed by atoms with van der Waals surface area (Å²) in [5.74, 6) is 2.50. The van der Waals surface area contributed by atoms with E-state index in [0.29, 0.717) is 29.1 Å². The van der Waals surface area contributed by atoms with E-state index in [1.807, 2.05) is 13.8 Å². The van der Waals surface area contributed by atoms with Gasteiger partial charge in [-0.1, -0.05) is 46.8 Å². The van der Waals surface area contributed by atoms with Crippen LogP contribution in [0.25, 0.3) is 0 Å². The maximum Gasteiger partial charge on any atom is 0.239 e. The summed E-state index contributed by atoms with van der Waals surface area (Å²) < 4.78 is 0. The van der Waals surface area contributed by atoms with Crippen LogP contribution in [-0.4, -0.2) is 48.2 Å². The van der Waals surface area contributed by atoms with E-state index in [1.54, 1.807) is 0 Å². The number of hydrogen-bond acceptors (Lipinski definition) is 4. The minimum Gasteiger partial charge on any atom is -0.394 e. The van der Waals surface area contributed by atoms with Crippen LogP contribution in [0.5, 0.6) is 0 Å². The van der Waals surface area contributed by atoms with Gasteiger partial charge in [-0.2, -0.15) is 0 Å².